The molecule has 1 aliphatic heterocycles. The van der Waals surface area contributed by atoms with Crippen molar-refractivity contribution in [2.45, 2.75) is 57.6 Å². The zero-order chi connectivity index (χ0) is 19.6. The highest BCUT2D eigenvalue weighted by molar-refractivity contribution is 14.0. The van der Waals surface area contributed by atoms with Gasteiger partial charge in [-0.05, 0) is 69.3 Å². The largest absolute Gasteiger partial charge is 0.493 e. The van der Waals surface area contributed by atoms with Crippen LogP contribution in [-0.2, 0) is 6.54 Å². The fourth-order valence-corrected chi connectivity index (χ4v) is 4.03. The maximum absolute atomic E-state index is 6.20. The number of hydrogen-bond acceptors (Lipinski definition) is 4. The second-order valence-corrected chi connectivity index (χ2v) is 7.76. The minimum Gasteiger partial charge on any atom is -0.493 e. The Labute approximate surface area is 192 Å². The number of piperidine rings is 1. The van der Waals surface area contributed by atoms with Gasteiger partial charge in [0.15, 0.2) is 17.5 Å². The maximum atomic E-state index is 6.20. The standard InChI is InChI=1S/C22H36N4O2.HI/c1-23-22(24-12-15-26-13-6-3-7-14-26)25-17-18-10-11-20(27-2)21(16-18)28-19-8-4-5-9-19;/h10-11,16,19H,3-9,12-15,17H2,1-2H3,(H2,23,24,25);1H. The molecule has 0 atom stereocenters. The van der Waals surface area contributed by atoms with E-state index in [1.54, 1.807) is 7.11 Å². The third-order valence-corrected chi connectivity index (χ3v) is 5.68. The Morgan fingerprint density at radius 3 is 2.52 bits per heavy atom. The normalized spacial score (nSPS) is 18.2. The van der Waals surface area contributed by atoms with E-state index in [-0.39, 0.29) is 24.0 Å². The first-order chi connectivity index (χ1) is 13.8. The van der Waals surface area contributed by atoms with E-state index in [1.165, 1.54) is 45.2 Å². The van der Waals surface area contributed by atoms with E-state index >= 15 is 0 Å². The molecule has 0 aromatic heterocycles. The minimum absolute atomic E-state index is 0. The SMILES string of the molecule is CN=C(NCCN1CCCCC1)NCc1ccc(OC)c(OC2CCCC2)c1.I. The van der Waals surface area contributed by atoms with E-state index in [1.807, 2.05) is 13.1 Å². The van der Waals surface area contributed by atoms with Crippen molar-refractivity contribution in [1.82, 2.24) is 15.5 Å². The van der Waals surface area contributed by atoms with Crippen molar-refractivity contribution in [3.63, 3.8) is 0 Å². The van der Waals surface area contributed by atoms with Gasteiger partial charge in [0.1, 0.15) is 0 Å². The van der Waals surface area contributed by atoms with Gasteiger partial charge in [0.05, 0.1) is 13.2 Å². The van der Waals surface area contributed by atoms with Gasteiger partial charge in [-0.2, -0.15) is 0 Å². The Kier molecular flexibility index (Phi) is 10.9. The highest BCUT2D eigenvalue weighted by Gasteiger charge is 2.18. The summed E-state index contributed by atoms with van der Waals surface area (Å²) in [6, 6.07) is 6.16. The average molecular weight is 516 g/mol. The summed E-state index contributed by atoms with van der Waals surface area (Å²) in [4.78, 5) is 6.87. The Balaban J connectivity index is 0.00000300. The Morgan fingerprint density at radius 2 is 1.83 bits per heavy atom. The Bertz CT molecular complexity index is 629. The molecule has 2 N–H and O–H groups in total. The molecule has 1 saturated carbocycles. The van der Waals surface area contributed by atoms with Crippen LogP contribution in [0.5, 0.6) is 11.5 Å². The number of benzene rings is 1. The molecule has 0 amide bonds. The van der Waals surface area contributed by atoms with Crippen LogP contribution in [0.3, 0.4) is 0 Å². The lowest BCUT2D eigenvalue weighted by Gasteiger charge is -2.26. The fraction of sp³-hybridized carbons (Fsp3) is 0.682. The number of nitrogens with one attached hydrogen (secondary N) is 2. The zero-order valence-corrected chi connectivity index (χ0v) is 20.2. The van der Waals surface area contributed by atoms with E-state index in [0.717, 1.165) is 49.0 Å². The van der Waals surface area contributed by atoms with Gasteiger partial charge >= 0.3 is 0 Å². The molecule has 6 nitrogen and oxygen atoms in total. The molecule has 1 heterocycles. The molecule has 1 aromatic carbocycles. The summed E-state index contributed by atoms with van der Waals surface area (Å²) in [7, 11) is 3.52. The van der Waals surface area contributed by atoms with Crippen molar-refractivity contribution in [2.75, 3.05) is 40.3 Å². The van der Waals surface area contributed by atoms with Gasteiger partial charge in [0, 0.05) is 26.7 Å². The van der Waals surface area contributed by atoms with Crippen LogP contribution in [-0.4, -0.2) is 57.3 Å². The molecule has 164 valence electrons. The average Bonchev–Trinajstić information content (AvgIpc) is 3.24. The van der Waals surface area contributed by atoms with Crippen molar-refractivity contribution >= 4 is 29.9 Å². The number of hydrogen-bond donors (Lipinski definition) is 2. The van der Waals surface area contributed by atoms with Crippen LogP contribution < -0.4 is 20.1 Å². The highest BCUT2D eigenvalue weighted by Crippen LogP contribution is 2.32. The molecular weight excluding hydrogens is 479 g/mol. The Morgan fingerprint density at radius 1 is 1.07 bits per heavy atom. The quantitative estimate of drug-likeness (QED) is 0.313. The number of halogens is 1. The monoisotopic (exact) mass is 516 g/mol. The summed E-state index contributed by atoms with van der Waals surface area (Å²) in [5.74, 6) is 2.49. The molecule has 1 saturated heterocycles. The van der Waals surface area contributed by atoms with Crippen LogP contribution in [0.1, 0.15) is 50.5 Å². The molecule has 1 aromatic rings. The van der Waals surface area contributed by atoms with Gasteiger partial charge in [-0.1, -0.05) is 12.5 Å². The Hall–Kier alpha value is -1.22. The van der Waals surface area contributed by atoms with Gasteiger partial charge in [-0.15, -0.1) is 24.0 Å². The summed E-state index contributed by atoms with van der Waals surface area (Å²) in [6.45, 7) is 5.14. The van der Waals surface area contributed by atoms with Gasteiger partial charge in [0.2, 0.25) is 0 Å². The minimum atomic E-state index is 0. The van der Waals surface area contributed by atoms with Crippen LogP contribution in [0, 0.1) is 0 Å². The third kappa shape index (κ3) is 7.85. The molecule has 7 heteroatoms. The highest BCUT2D eigenvalue weighted by atomic mass is 127. The molecule has 2 aliphatic rings. The van der Waals surface area contributed by atoms with Crippen molar-refractivity contribution in [3.8, 4) is 11.5 Å². The molecule has 0 unspecified atom stereocenters. The van der Waals surface area contributed by atoms with Gasteiger partial charge in [0.25, 0.3) is 0 Å². The lowest BCUT2D eigenvalue weighted by molar-refractivity contribution is 0.200. The number of guanidine groups is 1. The molecule has 1 aliphatic carbocycles. The molecule has 3 rings (SSSR count). The predicted molar refractivity (Wildman–Crippen MR) is 130 cm³/mol. The third-order valence-electron chi connectivity index (χ3n) is 5.68. The number of nitrogens with zero attached hydrogens (tertiary/aromatic N) is 2. The molecule has 0 spiro atoms. The lowest BCUT2D eigenvalue weighted by Crippen LogP contribution is -2.42. The van der Waals surface area contributed by atoms with E-state index in [9.17, 15) is 0 Å². The van der Waals surface area contributed by atoms with Crippen LogP contribution in [0.2, 0.25) is 0 Å². The number of likely N-dealkylation sites (tertiary alicyclic amines) is 1. The van der Waals surface area contributed by atoms with E-state index in [2.05, 4.69) is 32.7 Å². The van der Waals surface area contributed by atoms with E-state index < -0.39 is 0 Å². The van der Waals surface area contributed by atoms with Gasteiger partial charge in [-0.25, -0.2) is 0 Å². The van der Waals surface area contributed by atoms with E-state index in [4.69, 9.17) is 9.47 Å². The van der Waals surface area contributed by atoms with Crippen molar-refractivity contribution < 1.29 is 9.47 Å². The van der Waals surface area contributed by atoms with Crippen LogP contribution in [0.15, 0.2) is 23.2 Å². The number of ether oxygens (including phenoxy) is 2. The maximum Gasteiger partial charge on any atom is 0.191 e. The molecule has 0 radical (unpaired) electrons. The molecule has 29 heavy (non-hydrogen) atoms. The number of aliphatic imine (C=N–C) groups is 1. The first-order valence-corrected chi connectivity index (χ1v) is 10.8. The summed E-state index contributed by atoms with van der Waals surface area (Å²) in [6.07, 6.45) is 9.15. The zero-order valence-electron chi connectivity index (χ0n) is 17.9. The smallest absolute Gasteiger partial charge is 0.191 e. The van der Waals surface area contributed by atoms with E-state index in [0.29, 0.717) is 12.6 Å². The summed E-state index contributed by atoms with van der Waals surface area (Å²) >= 11 is 0. The first-order valence-electron chi connectivity index (χ1n) is 10.8. The van der Waals surface area contributed by atoms with Crippen molar-refractivity contribution in [2.24, 2.45) is 4.99 Å². The molecule has 2 fully saturated rings. The second-order valence-electron chi connectivity index (χ2n) is 7.76. The van der Waals surface area contributed by atoms with Gasteiger partial charge in [-0.3, -0.25) is 4.99 Å². The summed E-state index contributed by atoms with van der Waals surface area (Å²) in [5.41, 5.74) is 1.16. The van der Waals surface area contributed by atoms with Crippen LogP contribution >= 0.6 is 24.0 Å². The summed E-state index contributed by atoms with van der Waals surface area (Å²) in [5, 5.41) is 6.83. The van der Waals surface area contributed by atoms with Crippen LogP contribution in [0.25, 0.3) is 0 Å². The lowest BCUT2D eigenvalue weighted by atomic mass is 10.1. The topological polar surface area (TPSA) is 58.1 Å². The molecule has 0 bridgehead atoms. The van der Waals surface area contributed by atoms with Crippen molar-refractivity contribution in [1.29, 1.82) is 0 Å². The predicted octanol–water partition coefficient (Wildman–Crippen LogP) is 3.79. The second kappa shape index (κ2) is 13.2. The van der Waals surface area contributed by atoms with Crippen molar-refractivity contribution in [3.05, 3.63) is 23.8 Å². The number of rotatable bonds is 8. The summed E-state index contributed by atoms with van der Waals surface area (Å²) < 4.78 is 11.7. The fourth-order valence-electron chi connectivity index (χ4n) is 4.03. The number of methoxy groups -OCH3 is 1. The first kappa shape index (κ1) is 24.1. The van der Waals surface area contributed by atoms with Crippen LogP contribution in [0.4, 0.5) is 0 Å². The van der Waals surface area contributed by atoms with Gasteiger partial charge < -0.3 is 25.0 Å². The molecular formula is C22H37IN4O2.